The molecule has 0 aliphatic rings. The fourth-order valence-electron chi connectivity index (χ4n) is 1.18. The molecule has 0 saturated heterocycles. The number of thioether (sulfide) groups is 1. The second-order valence-electron chi connectivity index (χ2n) is 3.10. The van der Waals surface area contributed by atoms with Crippen LogP contribution >= 0.6 is 11.8 Å². The van der Waals surface area contributed by atoms with E-state index in [2.05, 4.69) is 15.2 Å². The maximum Gasteiger partial charge on any atom is 0.176 e. The third-order valence-corrected chi connectivity index (χ3v) is 2.90. The highest BCUT2D eigenvalue weighted by atomic mass is 32.2. The highest BCUT2D eigenvalue weighted by molar-refractivity contribution is 7.98. The van der Waals surface area contributed by atoms with Crippen LogP contribution in [0.4, 0.5) is 4.39 Å². The summed E-state index contributed by atoms with van der Waals surface area (Å²) in [5, 5.41) is 15.3. The molecule has 0 spiro atoms. The lowest BCUT2D eigenvalue weighted by Crippen LogP contribution is -1.86. The SMILES string of the molecule is OCc1n[nH]c(CSc2cccc(F)c2)n1. The number of rotatable bonds is 4. The average Bonchev–Trinajstić information content (AvgIpc) is 2.74. The summed E-state index contributed by atoms with van der Waals surface area (Å²) in [5.41, 5.74) is 0. The Hall–Kier alpha value is -1.40. The summed E-state index contributed by atoms with van der Waals surface area (Å²) in [6.45, 7) is -0.179. The Balaban J connectivity index is 1.96. The van der Waals surface area contributed by atoms with E-state index in [0.717, 1.165) is 4.90 Å². The molecular formula is C10H10FN3OS. The molecule has 1 heterocycles. The van der Waals surface area contributed by atoms with Crippen LogP contribution in [0.2, 0.25) is 0 Å². The molecule has 0 aliphatic carbocycles. The molecule has 0 aliphatic heterocycles. The lowest BCUT2D eigenvalue weighted by molar-refractivity contribution is 0.272. The van der Waals surface area contributed by atoms with E-state index in [1.807, 2.05) is 6.07 Å². The van der Waals surface area contributed by atoms with Crippen LogP contribution in [0.3, 0.4) is 0 Å². The van der Waals surface area contributed by atoms with E-state index in [4.69, 9.17) is 5.11 Å². The zero-order valence-electron chi connectivity index (χ0n) is 8.35. The molecule has 0 atom stereocenters. The maximum absolute atomic E-state index is 12.9. The number of H-pyrrole nitrogens is 1. The van der Waals surface area contributed by atoms with Gasteiger partial charge in [0.1, 0.15) is 18.2 Å². The van der Waals surface area contributed by atoms with Gasteiger partial charge in [0.05, 0.1) is 5.75 Å². The van der Waals surface area contributed by atoms with Gasteiger partial charge in [-0.2, -0.15) is 5.10 Å². The summed E-state index contributed by atoms with van der Waals surface area (Å²) < 4.78 is 12.9. The van der Waals surface area contributed by atoms with Crippen molar-refractivity contribution in [2.75, 3.05) is 0 Å². The fraction of sp³-hybridized carbons (Fsp3) is 0.200. The zero-order valence-corrected chi connectivity index (χ0v) is 9.17. The predicted molar refractivity (Wildman–Crippen MR) is 58.3 cm³/mol. The number of aliphatic hydroxyl groups excluding tert-OH is 1. The Morgan fingerprint density at radius 2 is 2.31 bits per heavy atom. The number of halogens is 1. The minimum atomic E-state index is -0.251. The summed E-state index contributed by atoms with van der Waals surface area (Å²) in [6, 6.07) is 6.37. The van der Waals surface area contributed by atoms with E-state index in [9.17, 15) is 4.39 Å². The molecule has 6 heteroatoms. The van der Waals surface area contributed by atoms with Crippen molar-refractivity contribution in [3.05, 3.63) is 41.7 Å². The number of aromatic nitrogens is 3. The molecule has 0 unspecified atom stereocenters. The quantitative estimate of drug-likeness (QED) is 0.798. The van der Waals surface area contributed by atoms with Crippen LogP contribution in [0.25, 0.3) is 0 Å². The molecule has 0 amide bonds. The number of benzene rings is 1. The number of nitrogens with zero attached hydrogens (tertiary/aromatic N) is 2. The highest BCUT2D eigenvalue weighted by Crippen LogP contribution is 2.21. The van der Waals surface area contributed by atoms with Gasteiger partial charge in [-0.3, -0.25) is 5.10 Å². The van der Waals surface area contributed by atoms with Crippen LogP contribution in [0.5, 0.6) is 0 Å². The van der Waals surface area contributed by atoms with Crippen molar-refractivity contribution in [1.29, 1.82) is 0 Å². The van der Waals surface area contributed by atoms with Crippen molar-refractivity contribution in [1.82, 2.24) is 15.2 Å². The maximum atomic E-state index is 12.9. The molecule has 2 aromatic rings. The second kappa shape index (κ2) is 5.09. The van der Waals surface area contributed by atoms with Gasteiger partial charge in [0.2, 0.25) is 0 Å². The Labute approximate surface area is 95.9 Å². The minimum Gasteiger partial charge on any atom is -0.388 e. The molecule has 0 fully saturated rings. The summed E-state index contributed by atoms with van der Waals surface area (Å²) in [7, 11) is 0. The van der Waals surface area contributed by atoms with Crippen molar-refractivity contribution in [2.45, 2.75) is 17.3 Å². The van der Waals surface area contributed by atoms with E-state index >= 15 is 0 Å². The van der Waals surface area contributed by atoms with Crippen molar-refractivity contribution in [2.24, 2.45) is 0 Å². The Morgan fingerprint density at radius 1 is 1.44 bits per heavy atom. The van der Waals surface area contributed by atoms with E-state index in [0.29, 0.717) is 17.4 Å². The summed E-state index contributed by atoms with van der Waals surface area (Å²) in [6.07, 6.45) is 0. The fourth-order valence-corrected chi connectivity index (χ4v) is 1.98. The lowest BCUT2D eigenvalue weighted by Gasteiger charge is -1.98. The van der Waals surface area contributed by atoms with Gasteiger partial charge >= 0.3 is 0 Å². The molecule has 84 valence electrons. The number of hydrogen-bond acceptors (Lipinski definition) is 4. The third-order valence-electron chi connectivity index (χ3n) is 1.89. The van der Waals surface area contributed by atoms with Gasteiger partial charge < -0.3 is 5.11 Å². The summed E-state index contributed by atoms with van der Waals surface area (Å²) in [5.74, 6) is 1.35. The number of aliphatic hydroxyl groups is 1. The molecule has 0 radical (unpaired) electrons. The van der Waals surface area contributed by atoms with E-state index in [1.54, 1.807) is 6.07 Å². The smallest absolute Gasteiger partial charge is 0.176 e. The van der Waals surface area contributed by atoms with Crippen LogP contribution in [0.15, 0.2) is 29.2 Å². The molecule has 0 saturated carbocycles. The van der Waals surface area contributed by atoms with Crippen molar-refractivity contribution < 1.29 is 9.50 Å². The highest BCUT2D eigenvalue weighted by Gasteiger charge is 2.03. The van der Waals surface area contributed by atoms with Crippen LogP contribution in [0.1, 0.15) is 11.6 Å². The summed E-state index contributed by atoms with van der Waals surface area (Å²) in [4.78, 5) is 4.87. The van der Waals surface area contributed by atoms with Gasteiger partial charge in [0.15, 0.2) is 5.82 Å². The molecule has 0 bridgehead atoms. The molecule has 2 rings (SSSR count). The Bertz CT molecular complexity index is 475. The topological polar surface area (TPSA) is 61.8 Å². The van der Waals surface area contributed by atoms with Crippen LogP contribution in [-0.2, 0) is 12.4 Å². The molecular weight excluding hydrogens is 229 g/mol. The van der Waals surface area contributed by atoms with E-state index in [1.165, 1.54) is 23.9 Å². The number of hydrogen-bond donors (Lipinski definition) is 2. The van der Waals surface area contributed by atoms with Gasteiger partial charge in [-0.15, -0.1) is 11.8 Å². The first-order valence-electron chi connectivity index (χ1n) is 4.67. The molecule has 16 heavy (non-hydrogen) atoms. The summed E-state index contributed by atoms with van der Waals surface area (Å²) >= 11 is 1.46. The van der Waals surface area contributed by atoms with E-state index in [-0.39, 0.29) is 12.4 Å². The van der Waals surface area contributed by atoms with Gasteiger partial charge in [-0.1, -0.05) is 6.07 Å². The first-order valence-corrected chi connectivity index (χ1v) is 5.66. The molecule has 4 nitrogen and oxygen atoms in total. The monoisotopic (exact) mass is 239 g/mol. The predicted octanol–water partition coefficient (Wildman–Crippen LogP) is 1.73. The van der Waals surface area contributed by atoms with Gasteiger partial charge in [-0.25, -0.2) is 9.37 Å². The normalized spacial score (nSPS) is 10.6. The lowest BCUT2D eigenvalue weighted by atomic mass is 10.4. The van der Waals surface area contributed by atoms with Crippen LogP contribution in [0, 0.1) is 5.82 Å². The van der Waals surface area contributed by atoms with E-state index < -0.39 is 0 Å². The average molecular weight is 239 g/mol. The Kier molecular flexibility index (Phi) is 3.53. The van der Waals surface area contributed by atoms with Gasteiger partial charge in [0, 0.05) is 4.90 Å². The number of nitrogens with one attached hydrogen (secondary N) is 1. The largest absolute Gasteiger partial charge is 0.388 e. The van der Waals surface area contributed by atoms with Crippen LogP contribution in [-0.4, -0.2) is 20.3 Å². The van der Waals surface area contributed by atoms with Crippen LogP contribution < -0.4 is 0 Å². The zero-order chi connectivity index (χ0) is 11.4. The second-order valence-corrected chi connectivity index (χ2v) is 4.15. The Morgan fingerprint density at radius 3 is 3.00 bits per heavy atom. The molecule has 1 aromatic carbocycles. The number of aromatic amines is 1. The first kappa shape index (κ1) is 11.1. The van der Waals surface area contributed by atoms with Gasteiger partial charge in [0.25, 0.3) is 0 Å². The minimum absolute atomic E-state index is 0.179. The van der Waals surface area contributed by atoms with Crippen molar-refractivity contribution in [3.8, 4) is 0 Å². The molecule has 1 aromatic heterocycles. The standard InChI is InChI=1S/C10H10FN3OS/c11-7-2-1-3-8(4-7)16-6-10-12-9(5-15)13-14-10/h1-4,15H,5-6H2,(H,12,13,14). The first-order chi connectivity index (χ1) is 7.78. The molecule has 2 N–H and O–H groups in total. The van der Waals surface area contributed by atoms with Crippen molar-refractivity contribution >= 4 is 11.8 Å². The van der Waals surface area contributed by atoms with Gasteiger partial charge in [-0.05, 0) is 18.2 Å². The van der Waals surface area contributed by atoms with Crippen molar-refractivity contribution in [3.63, 3.8) is 0 Å². The third kappa shape index (κ3) is 2.80.